The highest BCUT2D eigenvalue weighted by Gasteiger charge is 2.23. The molecule has 0 radical (unpaired) electrons. The van der Waals surface area contributed by atoms with Gasteiger partial charge in [0.2, 0.25) is 0 Å². The Balaban J connectivity index is 1.59. The fourth-order valence-electron chi connectivity index (χ4n) is 2.77. The number of carbonyl (C=O) groups excluding carboxylic acids is 1. The van der Waals surface area contributed by atoms with E-state index in [9.17, 15) is 4.79 Å². The Morgan fingerprint density at radius 3 is 2.72 bits per heavy atom. The molecule has 0 bridgehead atoms. The van der Waals surface area contributed by atoms with Crippen molar-refractivity contribution >= 4 is 17.7 Å². The number of anilines is 2. The summed E-state index contributed by atoms with van der Waals surface area (Å²) in [6.45, 7) is 9.13. The fourth-order valence-corrected chi connectivity index (χ4v) is 2.77. The van der Waals surface area contributed by atoms with E-state index in [1.165, 1.54) is 0 Å². The molecular formula is C18H25N5O2. The van der Waals surface area contributed by atoms with Gasteiger partial charge in [0.05, 0.1) is 0 Å². The largest absolute Gasteiger partial charge is 0.359 e. The number of rotatable bonds is 2. The van der Waals surface area contributed by atoms with E-state index in [-0.39, 0.29) is 11.4 Å². The molecule has 0 atom stereocenters. The van der Waals surface area contributed by atoms with E-state index in [1.54, 1.807) is 12.3 Å². The average molecular weight is 343 g/mol. The third kappa shape index (κ3) is 4.29. The molecule has 1 aliphatic heterocycles. The first-order valence-corrected chi connectivity index (χ1v) is 8.62. The molecule has 25 heavy (non-hydrogen) atoms. The van der Waals surface area contributed by atoms with Crippen LogP contribution in [0.15, 0.2) is 35.0 Å². The lowest BCUT2D eigenvalue weighted by Crippen LogP contribution is -2.38. The number of hydrogen-bond donors (Lipinski definition) is 1. The molecule has 3 rings (SSSR count). The third-order valence-electron chi connectivity index (χ3n) is 4.24. The second kappa shape index (κ2) is 7.13. The molecule has 0 unspecified atom stereocenters. The van der Waals surface area contributed by atoms with Crippen LogP contribution in [-0.4, -0.2) is 47.3 Å². The fraction of sp³-hybridized carbons (Fsp3) is 0.500. The molecule has 0 aliphatic carbocycles. The van der Waals surface area contributed by atoms with Crippen molar-refractivity contribution in [3.8, 4) is 0 Å². The van der Waals surface area contributed by atoms with Gasteiger partial charge in [0, 0.05) is 43.9 Å². The van der Waals surface area contributed by atoms with E-state index >= 15 is 0 Å². The number of nitrogens with one attached hydrogen (secondary N) is 1. The van der Waals surface area contributed by atoms with E-state index in [1.807, 2.05) is 43.9 Å². The van der Waals surface area contributed by atoms with Gasteiger partial charge in [-0.15, -0.1) is 0 Å². The van der Waals surface area contributed by atoms with Gasteiger partial charge < -0.3 is 14.3 Å². The van der Waals surface area contributed by atoms with E-state index in [0.29, 0.717) is 18.9 Å². The molecule has 1 aliphatic rings. The van der Waals surface area contributed by atoms with Crippen molar-refractivity contribution in [2.24, 2.45) is 0 Å². The number of amides is 2. The molecule has 134 valence electrons. The highest BCUT2D eigenvalue weighted by Crippen LogP contribution is 2.24. The van der Waals surface area contributed by atoms with E-state index in [2.05, 4.69) is 20.4 Å². The monoisotopic (exact) mass is 343 g/mol. The lowest BCUT2D eigenvalue weighted by Gasteiger charge is -2.22. The van der Waals surface area contributed by atoms with Crippen molar-refractivity contribution in [1.82, 2.24) is 15.0 Å². The molecule has 1 saturated heterocycles. The van der Waals surface area contributed by atoms with E-state index < -0.39 is 0 Å². The topological polar surface area (TPSA) is 74.5 Å². The van der Waals surface area contributed by atoms with Crippen molar-refractivity contribution in [3.05, 3.63) is 36.2 Å². The lowest BCUT2D eigenvalue weighted by molar-refractivity contribution is 0.215. The maximum absolute atomic E-state index is 12.5. The summed E-state index contributed by atoms with van der Waals surface area (Å²) in [5, 5.41) is 6.78. The lowest BCUT2D eigenvalue weighted by atomic mass is 9.93. The Labute approximate surface area is 148 Å². The summed E-state index contributed by atoms with van der Waals surface area (Å²) in [7, 11) is 0. The minimum absolute atomic E-state index is 0.137. The number of nitrogens with zero attached hydrogens (tertiary/aromatic N) is 4. The first kappa shape index (κ1) is 17.3. The summed E-state index contributed by atoms with van der Waals surface area (Å²) in [6.07, 6.45) is 2.69. The smallest absolute Gasteiger partial charge is 0.323 e. The van der Waals surface area contributed by atoms with Gasteiger partial charge in [-0.2, -0.15) is 0 Å². The summed E-state index contributed by atoms with van der Waals surface area (Å²) in [6, 6.07) is 7.53. The molecule has 1 fully saturated rings. The third-order valence-corrected chi connectivity index (χ3v) is 4.24. The zero-order valence-electron chi connectivity index (χ0n) is 15.0. The zero-order chi connectivity index (χ0) is 17.9. The van der Waals surface area contributed by atoms with Crippen LogP contribution in [0.25, 0.3) is 0 Å². The first-order valence-electron chi connectivity index (χ1n) is 8.62. The minimum atomic E-state index is -0.142. The Morgan fingerprint density at radius 1 is 1.20 bits per heavy atom. The summed E-state index contributed by atoms with van der Waals surface area (Å²) in [4.78, 5) is 20.9. The van der Waals surface area contributed by atoms with Crippen LogP contribution in [0, 0.1) is 0 Å². The van der Waals surface area contributed by atoms with Crippen LogP contribution in [0.3, 0.4) is 0 Å². The Kier molecular flexibility index (Phi) is 4.92. The van der Waals surface area contributed by atoms with Gasteiger partial charge in [-0.1, -0.05) is 32.0 Å². The predicted octanol–water partition coefficient (Wildman–Crippen LogP) is 3.11. The summed E-state index contributed by atoms with van der Waals surface area (Å²) in [5.74, 6) is 2.16. The van der Waals surface area contributed by atoms with Crippen LogP contribution < -0.4 is 10.2 Å². The molecule has 7 heteroatoms. The molecular weight excluding hydrogens is 318 g/mol. The Hall–Kier alpha value is -2.57. The molecule has 2 amide bonds. The molecule has 2 aromatic rings. The van der Waals surface area contributed by atoms with Crippen molar-refractivity contribution < 1.29 is 9.32 Å². The zero-order valence-corrected chi connectivity index (χ0v) is 15.0. The van der Waals surface area contributed by atoms with Gasteiger partial charge in [0.15, 0.2) is 5.82 Å². The molecule has 7 nitrogen and oxygen atoms in total. The highest BCUT2D eigenvalue weighted by atomic mass is 16.5. The second-order valence-electron chi connectivity index (χ2n) is 7.27. The quantitative estimate of drug-likeness (QED) is 0.907. The average Bonchev–Trinajstić information content (AvgIpc) is 2.92. The van der Waals surface area contributed by atoms with Gasteiger partial charge in [-0.25, -0.2) is 9.78 Å². The molecule has 0 aromatic carbocycles. The minimum Gasteiger partial charge on any atom is -0.359 e. The molecule has 0 spiro atoms. The SMILES string of the molecule is CC(C)(C)c1cc(NC(=O)N2CCCN(c3ccccn3)CC2)no1. The van der Waals surface area contributed by atoms with Crippen molar-refractivity contribution in [3.63, 3.8) is 0 Å². The van der Waals surface area contributed by atoms with E-state index in [4.69, 9.17) is 4.52 Å². The first-order chi connectivity index (χ1) is 11.9. The van der Waals surface area contributed by atoms with Gasteiger partial charge in [-0.3, -0.25) is 5.32 Å². The van der Waals surface area contributed by atoms with Crippen molar-refractivity contribution in [2.75, 3.05) is 36.4 Å². The van der Waals surface area contributed by atoms with Crippen LogP contribution in [0.4, 0.5) is 16.4 Å². The Morgan fingerprint density at radius 2 is 2.04 bits per heavy atom. The summed E-state index contributed by atoms with van der Waals surface area (Å²) < 4.78 is 5.32. The normalized spacial score (nSPS) is 15.8. The van der Waals surface area contributed by atoms with Crippen molar-refractivity contribution in [1.29, 1.82) is 0 Å². The number of urea groups is 1. The van der Waals surface area contributed by atoms with Gasteiger partial charge in [0.25, 0.3) is 0 Å². The predicted molar refractivity (Wildman–Crippen MR) is 96.9 cm³/mol. The van der Waals surface area contributed by atoms with Gasteiger partial charge >= 0.3 is 6.03 Å². The maximum atomic E-state index is 12.5. The maximum Gasteiger partial charge on any atom is 0.323 e. The molecule has 1 N–H and O–H groups in total. The van der Waals surface area contributed by atoms with Crippen LogP contribution in [-0.2, 0) is 5.41 Å². The van der Waals surface area contributed by atoms with Crippen LogP contribution >= 0.6 is 0 Å². The number of pyridine rings is 1. The number of hydrogen-bond acceptors (Lipinski definition) is 5. The van der Waals surface area contributed by atoms with Crippen LogP contribution in [0.5, 0.6) is 0 Å². The molecule has 2 aromatic heterocycles. The van der Waals surface area contributed by atoms with Gasteiger partial charge in [-0.05, 0) is 18.6 Å². The second-order valence-corrected chi connectivity index (χ2v) is 7.27. The highest BCUT2D eigenvalue weighted by molar-refractivity contribution is 5.88. The molecule has 3 heterocycles. The number of aromatic nitrogens is 2. The summed E-state index contributed by atoms with van der Waals surface area (Å²) in [5.41, 5.74) is -0.137. The number of carbonyl (C=O) groups is 1. The van der Waals surface area contributed by atoms with Crippen molar-refractivity contribution in [2.45, 2.75) is 32.6 Å². The summed E-state index contributed by atoms with van der Waals surface area (Å²) >= 11 is 0. The Bertz CT molecular complexity index is 708. The van der Waals surface area contributed by atoms with Crippen LogP contribution in [0.2, 0.25) is 0 Å². The van der Waals surface area contributed by atoms with E-state index in [0.717, 1.165) is 31.1 Å². The molecule has 0 saturated carbocycles. The standard InChI is InChI=1S/C18H25N5O2/c1-18(2,3)14-13-15(21-25-14)20-17(24)23-10-6-9-22(11-12-23)16-7-4-5-8-19-16/h4-5,7-8,13H,6,9-12H2,1-3H3,(H,20,21,24). The van der Waals surface area contributed by atoms with Gasteiger partial charge in [0.1, 0.15) is 11.6 Å². The van der Waals surface area contributed by atoms with Crippen LogP contribution in [0.1, 0.15) is 33.0 Å².